The van der Waals surface area contributed by atoms with E-state index in [1.807, 2.05) is 41.9 Å². The van der Waals surface area contributed by atoms with Gasteiger partial charge < -0.3 is 19.8 Å². The van der Waals surface area contributed by atoms with Crippen LogP contribution in [0.15, 0.2) is 47.7 Å². The molecule has 0 aliphatic rings. The largest absolute Gasteiger partial charge is 0.484 e. The van der Waals surface area contributed by atoms with Gasteiger partial charge in [-0.05, 0) is 37.1 Å². The molecule has 0 saturated carbocycles. The zero-order chi connectivity index (χ0) is 22.4. The van der Waals surface area contributed by atoms with Crippen molar-refractivity contribution in [1.82, 2.24) is 20.0 Å². The van der Waals surface area contributed by atoms with E-state index >= 15 is 0 Å². The third-order valence-electron chi connectivity index (χ3n) is 4.69. The summed E-state index contributed by atoms with van der Waals surface area (Å²) >= 11 is 0. The van der Waals surface area contributed by atoms with Crippen molar-refractivity contribution in [2.45, 2.75) is 33.0 Å². The second kappa shape index (κ2) is 11.4. The van der Waals surface area contributed by atoms with Crippen LogP contribution in [0.4, 0.5) is 13.2 Å². The molecule has 0 fully saturated rings. The van der Waals surface area contributed by atoms with E-state index in [0.29, 0.717) is 24.5 Å². The first kappa shape index (κ1) is 25.8. The monoisotopic (exact) mass is 561 g/mol. The van der Waals surface area contributed by atoms with Gasteiger partial charge in [-0.3, -0.25) is 4.99 Å². The molecule has 0 saturated heterocycles. The highest BCUT2D eigenvalue weighted by atomic mass is 127. The maximum atomic E-state index is 12.5. The van der Waals surface area contributed by atoms with Crippen LogP contribution in [-0.2, 0) is 13.0 Å². The fourth-order valence-corrected chi connectivity index (χ4v) is 3.14. The SMILES string of the molecule is CN=C(NCCc1cn2cccc(C)c2n1)NCc1ccc(C)cc1OCC(F)(F)F.I. The van der Waals surface area contributed by atoms with Gasteiger partial charge in [-0.2, -0.15) is 13.2 Å². The van der Waals surface area contributed by atoms with Crippen molar-refractivity contribution in [3.63, 3.8) is 0 Å². The average Bonchev–Trinajstić information content (AvgIpc) is 3.14. The summed E-state index contributed by atoms with van der Waals surface area (Å²) in [6.45, 7) is 3.39. The summed E-state index contributed by atoms with van der Waals surface area (Å²) in [7, 11) is 1.64. The van der Waals surface area contributed by atoms with Crippen molar-refractivity contribution in [3.05, 3.63) is 65.1 Å². The zero-order valence-corrected chi connectivity index (χ0v) is 20.5. The van der Waals surface area contributed by atoms with Gasteiger partial charge >= 0.3 is 6.18 Å². The Morgan fingerprint density at radius 2 is 1.97 bits per heavy atom. The molecule has 0 radical (unpaired) electrons. The van der Waals surface area contributed by atoms with Gasteiger partial charge in [0.25, 0.3) is 0 Å². The van der Waals surface area contributed by atoms with E-state index in [4.69, 9.17) is 4.74 Å². The molecule has 174 valence electrons. The summed E-state index contributed by atoms with van der Waals surface area (Å²) < 4.78 is 44.6. The number of nitrogens with one attached hydrogen (secondary N) is 2. The van der Waals surface area contributed by atoms with E-state index in [1.54, 1.807) is 26.1 Å². The minimum atomic E-state index is -4.39. The van der Waals surface area contributed by atoms with Crippen LogP contribution in [0.3, 0.4) is 0 Å². The van der Waals surface area contributed by atoms with Gasteiger partial charge in [0.05, 0.1) is 5.69 Å². The summed E-state index contributed by atoms with van der Waals surface area (Å²) in [6, 6.07) is 9.19. The lowest BCUT2D eigenvalue weighted by atomic mass is 10.1. The van der Waals surface area contributed by atoms with Gasteiger partial charge in [-0.1, -0.05) is 18.2 Å². The molecule has 32 heavy (non-hydrogen) atoms. The number of aromatic nitrogens is 2. The van der Waals surface area contributed by atoms with Gasteiger partial charge in [0.15, 0.2) is 12.6 Å². The summed E-state index contributed by atoms with van der Waals surface area (Å²) in [4.78, 5) is 8.81. The maximum Gasteiger partial charge on any atom is 0.422 e. The molecular formula is C22H27F3IN5O. The molecule has 2 aromatic heterocycles. The Labute approximate surface area is 202 Å². The standard InChI is InChI=1S/C22H26F3N5O.HI/c1-15-6-7-17(19(11-15)31-14-22(23,24)25)12-28-21(26-3)27-9-8-18-13-30-10-4-5-16(2)20(30)29-18;/h4-7,10-11,13H,8-9,12,14H2,1-3H3,(H2,26,27,28);1H. The highest BCUT2D eigenvalue weighted by Crippen LogP contribution is 2.23. The Morgan fingerprint density at radius 3 is 2.66 bits per heavy atom. The number of fused-ring (bicyclic) bond motifs is 1. The number of nitrogens with zero attached hydrogens (tertiary/aromatic N) is 3. The third kappa shape index (κ3) is 7.28. The van der Waals surface area contributed by atoms with Crippen LogP contribution in [0, 0.1) is 13.8 Å². The number of ether oxygens (including phenoxy) is 1. The number of benzene rings is 1. The predicted octanol–water partition coefficient (Wildman–Crippen LogP) is 4.42. The van der Waals surface area contributed by atoms with E-state index in [2.05, 4.69) is 20.6 Å². The number of hydrogen-bond acceptors (Lipinski definition) is 3. The molecule has 0 spiro atoms. The second-order valence-electron chi connectivity index (χ2n) is 7.27. The number of alkyl halides is 3. The first-order valence-corrected chi connectivity index (χ1v) is 9.92. The molecule has 0 atom stereocenters. The first-order chi connectivity index (χ1) is 14.7. The van der Waals surface area contributed by atoms with Crippen molar-refractivity contribution in [3.8, 4) is 5.75 Å². The van der Waals surface area contributed by atoms with Gasteiger partial charge in [-0.25, -0.2) is 4.98 Å². The van der Waals surface area contributed by atoms with Crippen LogP contribution in [0.2, 0.25) is 0 Å². The van der Waals surface area contributed by atoms with Gasteiger partial charge in [0, 0.05) is 44.5 Å². The van der Waals surface area contributed by atoms with Crippen molar-refractivity contribution in [2.24, 2.45) is 4.99 Å². The van der Waals surface area contributed by atoms with E-state index in [9.17, 15) is 13.2 Å². The Bertz CT molecular complexity index is 1070. The molecule has 3 aromatic rings. The molecule has 0 unspecified atom stereocenters. The summed E-state index contributed by atoms with van der Waals surface area (Å²) in [5, 5.41) is 6.32. The first-order valence-electron chi connectivity index (χ1n) is 9.92. The Hall–Kier alpha value is -2.50. The quantitative estimate of drug-likeness (QED) is 0.255. The maximum absolute atomic E-state index is 12.5. The molecular weight excluding hydrogens is 534 g/mol. The molecule has 6 nitrogen and oxygen atoms in total. The Morgan fingerprint density at radius 1 is 1.19 bits per heavy atom. The van der Waals surface area contributed by atoms with Crippen LogP contribution >= 0.6 is 24.0 Å². The lowest BCUT2D eigenvalue weighted by molar-refractivity contribution is -0.153. The lowest BCUT2D eigenvalue weighted by Gasteiger charge is -2.16. The smallest absolute Gasteiger partial charge is 0.422 e. The minimum Gasteiger partial charge on any atom is -0.484 e. The topological polar surface area (TPSA) is 63.0 Å². The molecule has 2 N–H and O–H groups in total. The normalized spacial score (nSPS) is 11.9. The highest BCUT2D eigenvalue weighted by molar-refractivity contribution is 14.0. The molecule has 2 heterocycles. The van der Waals surface area contributed by atoms with Crippen molar-refractivity contribution < 1.29 is 17.9 Å². The molecule has 0 aliphatic heterocycles. The van der Waals surface area contributed by atoms with Crippen molar-refractivity contribution in [2.75, 3.05) is 20.2 Å². The van der Waals surface area contributed by atoms with Crippen LogP contribution in [0.1, 0.15) is 22.4 Å². The molecule has 1 aromatic carbocycles. The molecule has 3 rings (SSSR count). The van der Waals surface area contributed by atoms with Gasteiger partial charge in [0.2, 0.25) is 0 Å². The number of aryl methyl sites for hydroxylation is 2. The van der Waals surface area contributed by atoms with Crippen molar-refractivity contribution in [1.29, 1.82) is 0 Å². The fourth-order valence-electron chi connectivity index (χ4n) is 3.14. The Kier molecular flexibility index (Phi) is 9.17. The number of aliphatic imine (C=N–C) groups is 1. The van der Waals surface area contributed by atoms with Gasteiger partial charge in [-0.15, -0.1) is 24.0 Å². The van der Waals surface area contributed by atoms with Crippen LogP contribution in [0.25, 0.3) is 5.65 Å². The number of halogens is 4. The van der Waals surface area contributed by atoms with E-state index in [0.717, 1.165) is 22.5 Å². The number of guanidine groups is 1. The lowest BCUT2D eigenvalue weighted by Crippen LogP contribution is -2.38. The number of imidazole rings is 1. The fraction of sp³-hybridized carbons (Fsp3) is 0.364. The summed E-state index contributed by atoms with van der Waals surface area (Å²) in [6.07, 6.45) is 0.276. The molecule has 0 aliphatic carbocycles. The van der Waals surface area contributed by atoms with Crippen molar-refractivity contribution >= 4 is 35.6 Å². The van der Waals surface area contributed by atoms with Crippen LogP contribution in [-0.4, -0.2) is 41.7 Å². The number of rotatable bonds is 7. The molecule has 0 bridgehead atoms. The third-order valence-corrected chi connectivity index (χ3v) is 4.69. The zero-order valence-electron chi connectivity index (χ0n) is 18.2. The van der Waals surface area contributed by atoms with Gasteiger partial charge in [0.1, 0.15) is 11.4 Å². The summed E-state index contributed by atoms with van der Waals surface area (Å²) in [5.41, 5.74) is 4.45. The molecule has 0 amide bonds. The number of hydrogen-bond donors (Lipinski definition) is 2. The average molecular weight is 561 g/mol. The van der Waals surface area contributed by atoms with Crippen LogP contribution in [0.5, 0.6) is 5.75 Å². The van der Waals surface area contributed by atoms with E-state index in [1.165, 1.54) is 0 Å². The highest BCUT2D eigenvalue weighted by Gasteiger charge is 2.28. The van der Waals surface area contributed by atoms with E-state index < -0.39 is 12.8 Å². The minimum absolute atomic E-state index is 0. The number of pyridine rings is 1. The van der Waals surface area contributed by atoms with E-state index in [-0.39, 0.29) is 36.3 Å². The predicted molar refractivity (Wildman–Crippen MR) is 130 cm³/mol. The van der Waals surface area contributed by atoms with Crippen LogP contribution < -0.4 is 15.4 Å². The summed E-state index contributed by atoms with van der Waals surface area (Å²) in [5.74, 6) is 0.752. The second-order valence-corrected chi connectivity index (χ2v) is 7.27. The molecule has 10 heteroatoms. The Balaban J connectivity index is 0.00000363.